The normalized spacial score (nSPS) is 28.6. The highest BCUT2D eigenvalue weighted by Gasteiger charge is 2.42. The van der Waals surface area contributed by atoms with Crippen molar-refractivity contribution in [1.29, 1.82) is 0 Å². The molecular weight excluding hydrogens is 188 g/mol. The highest BCUT2D eigenvalue weighted by molar-refractivity contribution is 4.95. The van der Waals surface area contributed by atoms with E-state index in [0.29, 0.717) is 11.5 Å². The summed E-state index contributed by atoms with van der Waals surface area (Å²) in [5, 5.41) is 0. The van der Waals surface area contributed by atoms with Gasteiger partial charge in [0.25, 0.3) is 0 Å². The van der Waals surface area contributed by atoms with Gasteiger partial charge >= 0.3 is 0 Å². The molecule has 0 bridgehead atoms. The average molecular weight is 212 g/mol. The molecule has 2 fully saturated rings. The lowest BCUT2D eigenvalue weighted by molar-refractivity contribution is 0.0747. The summed E-state index contributed by atoms with van der Waals surface area (Å²) in [6, 6.07) is 0. The maximum atomic E-state index is 5.65. The van der Waals surface area contributed by atoms with E-state index < -0.39 is 0 Å². The number of hydrogen-bond donors (Lipinski definition) is 1. The van der Waals surface area contributed by atoms with Gasteiger partial charge in [0.15, 0.2) is 0 Å². The molecule has 1 aliphatic heterocycles. The van der Waals surface area contributed by atoms with Crippen LogP contribution in [0, 0.1) is 5.41 Å². The lowest BCUT2D eigenvalue weighted by Crippen LogP contribution is -2.34. The number of nitrogens with two attached hydrogens (primary N) is 1. The molecule has 1 heterocycles. The minimum atomic E-state index is 0.490. The molecule has 1 saturated heterocycles. The minimum absolute atomic E-state index is 0.490. The second kappa shape index (κ2) is 4.81. The lowest BCUT2D eigenvalue weighted by Gasteiger charge is -2.25. The van der Waals surface area contributed by atoms with Gasteiger partial charge in [-0.3, -0.25) is 0 Å². The van der Waals surface area contributed by atoms with Gasteiger partial charge < -0.3 is 15.4 Å². The van der Waals surface area contributed by atoms with Gasteiger partial charge in [-0.05, 0) is 51.1 Å². The van der Waals surface area contributed by atoms with Crippen LogP contribution >= 0.6 is 0 Å². The maximum Gasteiger partial charge on any atom is 0.0702 e. The Morgan fingerprint density at radius 1 is 1.47 bits per heavy atom. The fourth-order valence-electron chi connectivity index (χ4n) is 2.74. The summed E-state index contributed by atoms with van der Waals surface area (Å²) < 4.78 is 5.65. The van der Waals surface area contributed by atoms with Crippen LogP contribution in [0.25, 0.3) is 0 Å². The van der Waals surface area contributed by atoms with Crippen molar-refractivity contribution in [3.8, 4) is 0 Å². The zero-order valence-corrected chi connectivity index (χ0v) is 9.87. The molecule has 0 aromatic rings. The Hall–Kier alpha value is -0.120. The van der Waals surface area contributed by atoms with E-state index in [-0.39, 0.29) is 0 Å². The topological polar surface area (TPSA) is 38.5 Å². The molecule has 0 radical (unpaired) electrons. The lowest BCUT2D eigenvalue weighted by atomic mass is 10.0. The first-order valence-electron chi connectivity index (χ1n) is 6.24. The molecule has 0 aromatic carbocycles. The summed E-state index contributed by atoms with van der Waals surface area (Å²) in [4.78, 5) is 2.44. The number of rotatable bonds is 6. The minimum Gasteiger partial charge on any atom is -0.377 e. The molecule has 2 rings (SSSR count). The van der Waals surface area contributed by atoms with Crippen LogP contribution in [0.2, 0.25) is 0 Å². The summed E-state index contributed by atoms with van der Waals surface area (Å²) in [6.45, 7) is 4.12. The first kappa shape index (κ1) is 11.4. The monoisotopic (exact) mass is 212 g/mol. The third-order valence-corrected chi connectivity index (χ3v) is 3.78. The zero-order chi connectivity index (χ0) is 10.7. The quantitative estimate of drug-likeness (QED) is 0.719. The van der Waals surface area contributed by atoms with Crippen molar-refractivity contribution >= 4 is 0 Å². The van der Waals surface area contributed by atoms with Crippen LogP contribution in [0.15, 0.2) is 0 Å². The van der Waals surface area contributed by atoms with Crippen molar-refractivity contribution < 1.29 is 4.74 Å². The standard InChI is InChI=1S/C12H24N2O/c1-14(9-11-3-2-8-15-11)10-12(4-5-12)6-7-13/h11H,2-10,13H2,1H3. The number of hydrogen-bond acceptors (Lipinski definition) is 3. The molecule has 1 atom stereocenters. The molecule has 1 aliphatic carbocycles. The average Bonchev–Trinajstić information content (AvgIpc) is 2.75. The molecule has 1 saturated carbocycles. The number of likely N-dealkylation sites (N-methyl/N-ethyl adjacent to an activating group) is 1. The first-order valence-corrected chi connectivity index (χ1v) is 6.24. The van der Waals surface area contributed by atoms with Crippen LogP contribution in [0.5, 0.6) is 0 Å². The van der Waals surface area contributed by atoms with Crippen molar-refractivity contribution in [1.82, 2.24) is 4.90 Å². The molecule has 0 aromatic heterocycles. The van der Waals surface area contributed by atoms with Gasteiger partial charge in [0, 0.05) is 19.7 Å². The van der Waals surface area contributed by atoms with E-state index in [2.05, 4.69) is 11.9 Å². The van der Waals surface area contributed by atoms with E-state index in [1.807, 2.05) is 0 Å². The summed E-state index contributed by atoms with van der Waals surface area (Å²) in [6.07, 6.45) is 6.92. The van der Waals surface area contributed by atoms with Crippen LogP contribution in [0.3, 0.4) is 0 Å². The Labute approximate surface area is 93.0 Å². The predicted molar refractivity (Wildman–Crippen MR) is 61.8 cm³/mol. The SMILES string of the molecule is CN(CC1CCCO1)CC1(CCN)CC1. The Morgan fingerprint density at radius 2 is 2.27 bits per heavy atom. The van der Waals surface area contributed by atoms with Crippen LogP contribution in [-0.4, -0.2) is 44.3 Å². The highest BCUT2D eigenvalue weighted by Crippen LogP contribution is 2.48. The van der Waals surface area contributed by atoms with Gasteiger partial charge in [-0.1, -0.05) is 0 Å². The summed E-state index contributed by atoms with van der Waals surface area (Å²) >= 11 is 0. The van der Waals surface area contributed by atoms with Crippen LogP contribution in [0.1, 0.15) is 32.1 Å². The van der Waals surface area contributed by atoms with Crippen molar-refractivity contribution in [3.05, 3.63) is 0 Å². The highest BCUT2D eigenvalue weighted by atomic mass is 16.5. The molecule has 3 heteroatoms. The van der Waals surface area contributed by atoms with E-state index in [0.717, 1.165) is 19.7 Å². The summed E-state index contributed by atoms with van der Waals surface area (Å²) in [5.41, 5.74) is 6.22. The molecule has 0 amide bonds. The Kier molecular flexibility index (Phi) is 3.65. The van der Waals surface area contributed by atoms with Crippen LogP contribution in [0.4, 0.5) is 0 Å². The molecule has 0 spiro atoms. The summed E-state index contributed by atoms with van der Waals surface area (Å²) in [7, 11) is 2.22. The van der Waals surface area contributed by atoms with E-state index >= 15 is 0 Å². The molecule has 88 valence electrons. The molecule has 3 nitrogen and oxygen atoms in total. The van der Waals surface area contributed by atoms with Gasteiger partial charge in [-0.25, -0.2) is 0 Å². The molecule has 2 N–H and O–H groups in total. The second-order valence-electron chi connectivity index (χ2n) is 5.37. The molecular formula is C12H24N2O. The predicted octanol–water partition coefficient (Wildman–Crippen LogP) is 1.23. The Morgan fingerprint density at radius 3 is 2.80 bits per heavy atom. The van der Waals surface area contributed by atoms with Gasteiger partial charge in [-0.2, -0.15) is 0 Å². The van der Waals surface area contributed by atoms with E-state index in [4.69, 9.17) is 10.5 Å². The van der Waals surface area contributed by atoms with Gasteiger partial charge in [0.2, 0.25) is 0 Å². The van der Waals surface area contributed by atoms with Gasteiger partial charge in [-0.15, -0.1) is 0 Å². The third kappa shape index (κ3) is 3.16. The van der Waals surface area contributed by atoms with E-state index in [1.54, 1.807) is 0 Å². The van der Waals surface area contributed by atoms with Crippen molar-refractivity contribution in [3.63, 3.8) is 0 Å². The van der Waals surface area contributed by atoms with Crippen LogP contribution in [-0.2, 0) is 4.74 Å². The smallest absolute Gasteiger partial charge is 0.0702 e. The number of ether oxygens (including phenoxy) is 1. The zero-order valence-electron chi connectivity index (χ0n) is 9.87. The van der Waals surface area contributed by atoms with E-state index in [1.165, 1.54) is 38.6 Å². The second-order valence-corrected chi connectivity index (χ2v) is 5.37. The van der Waals surface area contributed by atoms with Gasteiger partial charge in [0.1, 0.15) is 0 Å². The fourth-order valence-corrected chi connectivity index (χ4v) is 2.74. The summed E-state index contributed by atoms with van der Waals surface area (Å²) in [5.74, 6) is 0. The van der Waals surface area contributed by atoms with Crippen molar-refractivity contribution in [2.75, 3.05) is 33.3 Å². The van der Waals surface area contributed by atoms with Crippen molar-refractivity contribution in [2.24, 2.45) is 11.1 Å². The fraction of sp³-hybridized carbons (Fsp3) is 1.00. The molecule has 2 aliphatic rings. The van der Waals surface area contributed by atoms with Crippen molar-refractivity contribution in [2.45, 2.75) is 38.2 Å². The third-order valence-electron chi connectivity index (χ3n) is 3.78. The first-order chi connectivity index (χ1) is 7.24. The molecule has 1 unspecified atom stereocenters. The van der Waals surface area contributed by atoms with Gasteiger partial charge in [0.05, 0.1) is 6.10 Å². The van der Waals surface area contributed by atoms with Crippen LogP contribution < -0.4 is 5.73 Å². The van der Waals surface area contributed by atoms with E-state index in [9.17, 15) is 0 Å². The largest absolute Gasteiger partial charge is 0.377 e. The maximum absolute atomic E-state index is 5.65. The Balaban J connectivity index is 1.69. The number of nitrogens with zero attached hydrogens (tertiary/aromatic N) is 1. The molecule has 15 heavy (non-hydrogen) atoms. The Bertz CT molecular complexity index is 198.